The van der Waals surface area contributed by atoms with Gasteiger partial charge in [-0.05, 0) is 56.5 Å². The number of piperidine rings is 1. The second kappa shape index (κ2) is 9.52. The van der Waals surface area contributed by atoms with Crippen molar-refractivity contribution in [2.45, 2.75) is 32.7 Å². The minimum Gasteiger partial charge on any atom is -0.371 e. The number of hydrogen-bond donors (Lipinski definition) is 1. The van der Waals surface area contributed by atoms with E-state index in [1.807, 2.05) is 18.0 Å². The molecule has 0 bridgehead atoms. The maximum absolute atomic E-state index is 12.5. The highest BCUT2D eigenvalue weighted by atomic mass is 16.6. The largest absolute Gasteiger partial charge is 0.371 e. The fourth-order valence-corrected chi connectivity index (χ4v) is 3.77. The number of nitro benzene ring substituents is 1. The molecule has 1 N–H and O–H groups in total. The monoisotopic (exact) mass is 396 g/mol. The van der Waals surface area contributed by atoms with Gasteiger partial charge in [0.05, 0.1) is 11.5 Å². The average molecular weight is 396 g/mol. The van der Waals surface area contributed by atoms with Crippen molar-refractivity contribution in [3.05, 3.63) is 63.7 Å². The van der Waals surface area contributed by atoms with Crippen molar-refractivity contribution in [3.63, 3.8) is 0 Å². The summed E-state index contributed by atoms with van der Waals surface area (Å²) in [6.45, 7) is 4.84. The number of nitrogens with zero attached hydrogens (tertiary/aromatic N) is 3. The number of amides is 1. The zero-order chi connectivity index (χ0) is 20.8. The molecule has 29 heavy (non-hydrogen) atoms. The number of hydrogen-bond acceptors (Lipinski definition) is 5. The van der Waals surface area contributed by atoms with Crippen LogP contribution >= 0.6 is 0 Å². The van der Waals surface area contributed by atoms with E-state index in [0.29, 0.717) is 17.8 Å². The molecule has 7 heteroatoms. The smallest absolute Gasteiger partial charge is 0.269 e. The zero-order valence-corrected chi connectivity index (χ0v) is 17.1. The number of likely N-dealkylation sites (N-methyl/N-ethyl adjacent to an activating group) is 1. The molecule has 154 valence electrons. The highest BCUT2D eigenvalue weighted by molar-refractivity contribution is 5.93. The molecule has 0 aliphatic carbocycles. The summed E-state index contributed by atoms with van der Waals surface area (Å²) in [6.07, 6.45) is 3.74. The molecule has 0 saturated carbocycles. The SMILES string of the molecule is Cc1cc([N+](=O)[O-])ccc1NC(=O)CN(C)Cc1ccccc1N1CCCCC1. The molecule has 0 radical (unpaired) electrons. The zero-order valence-electron chi connectivity index (χ0n) is 17.1. The highest BCUT2D eigenvalue weighted by Gasteiger charge is 2.16. The van der Waals surface area contributed by atoms with Gasteiger partial charge in [-0.15, -0.1) is 0 Å². The number of carbonyl (C=O) groups is 1. The van der Waals surface area contributed by atoms with E-state index in [0.717, 1.165) is 13.1 Å². The lowest BCUT2D eigenvalue weighted by molar-refractivity contribution is -0.384. The molecule has 3 rings (SSSR count). The van der Waals surface area contributed by atoms with Gasteiger partial charge in [0, 0.05) is 43.1 Å². The van der Waals surface area contributed by atoms with Gasteiger partial charge in [0.15, 0.2) is 0 Å². The Morgan fingerprint density at radius 2 is 1.90 bits per heavy atom. The summed E-state index contributed by atoms with van der Waals surface area (Å²) >= 11 is 0. The fourth-order valence-electron chi connectivity index (χ4n) is 3.77. The minimum absolute atomic E-state index is 0.0203. The van der Waals surface area contributed by atoms with Crippen LogP contribution in [0.25, 0.3) is 0 Å². The molecule has 1 saturated heterocycles. The van der Waals surface area contributed by atoms with Gasteiger partial charge in [-0.2, -0.15) is 0 Å². The summed E-state index contributed by atoms with van der Waals surface area (Å²) in [7, 11) is 1.93. The molecular weight excluding hydrogens is 368 g/mol. The van der Waals surface area contributed by atoms with Gasteiger partial charge in [-0.1, -0.05) is 18.2 Å². The Hall–Kier alpha value is -2.93. The standard InChI is InChI=1S/C22H28N4O3/c1-17-14-19(26(28)29)10-11-20(17)23-22(27)16-24(2)15-18-8-4-5-9-21(18)25-12-6-3-7-13-25/h4-5,8-11,14H,3,6-7,12-13,15-16H2,1-2H3,(H,23,27). The molecule has 1 aliphatic rings. The van der Waals surface area contributed by atoms with Gasteiger partial charge in [0.25, 0.3) is 5.69 Å². The molecule has 0 aromatic heterocycles. The normalized spacial score (nSPS) is 14.1. The first-order valence-corrected chi connectivity index (χ1v) is 10.0. The van der Waals surface area contributed by atoms with E-state index >= 15 is 0 Å². The maximum Gasteiger partial charge on any atom is 0.269 e. The number of benzene rings is 2. The van der Waals surface area contributed by atoms with Crippen LogP contribution in [0.3, 0.4) is 0 Å². The van der Waals surface area contributed by atoms with Gasteiger partial charge < -0.3 is 10.2 Å². The van der Waals surface area contributed by atoms with E-state index in [4.69, 9.17) is 0 Å². The Balaban J connectivity index is 1.60. The third-order valence-corrected chi connectivity index (χ3v) is 5.24. The number of anilines is 2. The summed E-state index contributed by atoms with van der Waals surface area (Å²) in [6, 6.07) is 12.8. The third-order valence-electron chi connectivity index (χ3n) is 5.24. The third kappa shape index (κ3) is 5.54. The summed E-state index contributed by atoms with van der Waals surface area (Å²) in [4.78, 5) is 27.3. The van der Waals surface area contributed by atoms with Crippen molar-refractivity contribution in [1.82, 2.24) is 4.90 Å². The fraction of sp³-hybridized carbons (Fsp3) is 0.409. The molecule has 1 heterocycles. The van der Waals surface area contributed by atoms with Crippen molar-refractivity contribution < 1.29 is 9.72 Å². The first kappa shape index (κ1) is 20.8. The van der Waals surface area contributed by atoms with E-state index in [-0.39, 0.29) is 18.1 Å². The van der Waals surface area contributed by atoms with E-state index in [1.165, 1.54) is 42.6 Å². The molecule has 0 unspecified atom stereocenters. The molecule has 1 fully saturated rings. The van der Waals surface area contributed by atoms with E-state index < -0.39 is 4.92 Å². The van der Waals surface area contributed by atoms with Crippen molar-refractivity contribution >= 4 is 23.0 Å². The summed E-state index contributed by atoms with van der Waals surface area (Å²) in [5, 5.41) is 13.7. The minimum atomic E-state index is -0.438. The van der Waals surface area contributed by atoms with Crippen molar-refractivity contribution in [2.24, 2.45) is 0 Å². The van der Waals surface area contributed by atoms with Gasteiger partial charge in [-0.3, -0.25) is 19.8 Å². The topological polar surface area (TPSA) is 78.7 Å². The number of carbonyl (C=O) groups excluding carboxylic acids is 1. The second-order valence-corrected chi connectivity index (χ2v) is 7.65. The first-order valence-electron chi connectivity index (χ1n) is 10.0. The summed E-state index contributed by atoms with van der Waals surface area (Å²) < 4.78 is 0. The lowest BCUT2D eigenvalue weighted by atomic mass is 10.1. The Bertz CT molecular complexity index is 878. The molecule has 2 aromatic rings. The Morgan fingerprint density at radius 1 is 1.17 bits per heavy atom. The van der Waals surface area contributed by atoms with Crippen LogP contribution in [0, 0.1) is 17.0 Å². The molecule has 0 atom stereocenters. The van der Waals surface area contributed by atoms with Crippen molar-refractivity contribution in [2.75, 3.05) is 36.9 Å². The van der Waals surface area contributed by atoms with E-state index in [9.17, 15) is 14.9 Å². The van der Waals surface area contributed by atoms with Crippen LogP contribution < -0.4 is 10.2 Å². The Labute approximate surface area is 171 Å². The average Bonchev–Trinajstić information content (AvgIpc) is 2.70. The molecule has 1 amide bonds. The molecule has 7 nitrogen and oxygen atoms in total. The molecule has 1 aliphatic heterocycles. The van der Waals surface area contributed by atoms with Crippen molar-refractivity contribution in [1.29, 1.82) is 0 Å². The number of para-hydroxylation sites is 1. The maximum atomic E-state index is 12.5. The van der Waals surface area contributed by atoms with Crippen LogP contribution in [0.4, 0.5) is 17.1 Å². The lowest BCUT2D eigenvalue weighted by Crippen LogP contribution is -2.33. The number of nitrogens with one attached hydrogen (secondary N) is 1. The van der Waals surface area contributed by atoms with Crippen LogP contribution in [0.2, 0.25) is 0 Å². The van der Waals surface area contributed by atoms with Gasteiger partial charge in [0.2, 0.25) is 5.91 Å². The van der Waals surface area contributed by atoms with Crippen LogP contribution in [0.1, 0.15) is 30.4 Å². The van der Waals surface area contributed by atoms with E-state index in [2.05, 4.69) is 28.4 Å². The molecular formula is C22H28N4O3. The van der Waals surface area contributed by atoms with Crippen LogP contribution in [-0.4, -0.2) is 42.4 Å². The predicted molar refractivity (Wildman–Crippen MR) is 115 cm³/mol. The predicted octanol–water partition coefficient (Wildman–Crippen LogP) is 3.96. The number of non-ortho nitro benzene ring substituents is 1. The van der Waals surface area contributed by atoms with Gasteiger partial charge in [0.1, 0.15) is 0 Å². The molecule has 2 aromatic carbocycles. The Kier molecular flexibility index (Phi) is 6.82. The van der Waals surface area contributed by atoms with Crippen LogP contribution in [0.15, 0.2) is 42.5 Å². The van der Waals surface area contributed by atoms with Crippen LogP contribution in [0.5, 0.6) is 0 Å². The lowest BCUT2D eigenvalue weighted by Gasteiger charge is -2.31. The van der Waals surface area contributed by atoms with Crippen LogP contribution in [-0.2, 0) is 11.3 Å². The Morgan fingerprint density at radius 3 is 2.59 bits per heavy atom. The van der Waals surface area contributed by atoms with Gasteiger partial charge >= 0.3 is 0 Å². The number of rotatable bonds is 7. The molecule has 0 spiro atoms. The van der Waals surface area contributed by atoms with E-state index in [1.54, 1.807) is 13.0 Å². The summed E-state index contributed by atoms with van der Waals surface area (Å²) in [5.74, 6) is -0.139. The highest BCUT2D eigenvalue weighted by Crippen LogP contribution is 2.25. The summed E-state index contributed by atoms with van der Waals surface area (Å²) in [5.41, 5.74) is 3.77. The van der Waals surface area contributed by atoms with Gasteiger partial charge in [-0.25, -0.2) is 0 Å². The number of aryl methyl sites for hydroxylation is 1. The number of nitro groups is 1. The van der Waals surface area contributed by atoms with Crippen molar-refractivity contribution in [3.8, 4) is 0 Å². The second-order valence-electron chi connectivity index (χ2n) is 7.65. The quantitative estimate of drug-likeness (QED) is 0.566. The first-order chi connectivity index (χ1) is 13.9.